The number of aromatic nitrogens is 1. The maximum Gasteiger partial charge on any atom is 0.255 e. The van der Waals surface area contributed by atoms with Gasteiger partial charge < -0.3 is 15.8 Å². The summed E-state index contributed by atoms with van der Waals surface area (Å²) in [7, 11) is 0. The molecule has 3 aromatic rings. The molecule has 0 aliphatic carbocycles. The quantitative estimate of drug-likeness (QED) is 0.698. The second-order valence-corrected chi connectivity index (χ2v) is 6.53. The van der Waals surface area contributed by atoms with Crippen LogP contribution in [0.3, 0.4) is 0 Å². The molecule has 0 spiro atoms. The Bertz CT molecular complexity index is 918. The number of hydrogen-bond acceptors (Lipinski definition) is 5. The minimum Gasteiger partial charge on any atom is -0.486 e. The van der Waals surface area contributed by atoms with Crippen LogP contribution >= 0.6 is 11.3 Å². The van der Waals surface area contributed by atoms with Gasteiger partial charge in [-0.05, 0) is 55.5 Å². The van der Waals surface area contributed by atoms with Crippen molar-refractivity contribution in [2.24, 2.45) is 5.73 Å². The molecule has 7 heteroatoms. The number of amides is 2. The molecule has 0 aliphatic heterocycles. The fraction of sp³-hybridized carbons (Fsp3) is 0.105. The van der Waals surface area contributed by atoms with E-state index in [1.165, 1.54) is 0 Å². The lowest BCUT2D eigenvalue weighted by Crippen LogP contribution is -2.13. The number of rotatable bonds is 6. The Balaban J connectivity index is 1.58. The number of anilines is 1. The molecule has 26 heavy (non-hydrogen) atoms. The molecule has 6 nitrogen and oxygen atoms in total. The molecule has 0 saturated heterocycles. The van der Waals surface area contributed by atoms with E-state index in [4.69, 9.17) is 10.5 Å². The van der Waals surface area contributed by atoms with Crippen LogP contribution in [0.4, 0.5) is 5.69 Å². The molecule has 0 fully saturated rings. The second-order valence-electron chi connectivity index (χ2n) is 5.59. The molecule has 0 atom stereocenters. The van der Waals surface area contributed by atoms with E-state index < -0.39 is 5.91 Å². The molecule has 0 bridgehead atoms. The highest BCUT2D eigenvalue weighted by Crippen LogP contribution is 2.17. The lowest BCUT2D eigenvalue weighted by atomic mass is 10.1. The zero-order valence-corrected chi connectivity index (χ0v) is 14.9. The Labute approximate surface area is 154 Å². The lowest BCUT2D eigenvalue weighted by Gasteiger charge is -2.07. The summed E-state index contributed by atoms with van der Waals surface area (Å²) in [5.74, 6) is -0.0921. The van der Waals surface area contributed by atoms with Crippen LogP contribution < -0.4 is 15.8 Å². The monoisotopic (exact) mass is 367 g/mol. The van der Waals surface area contributed by atoms with E-state index in [0.717, 1.165) is 10.7 Å². The standard InChI is InChI=1S/C19H17N3O3S/c1-12-11-26-17(21-12)10-25-16-8-4-14(5-9-16)19(24)22-15-6-2-13(3-7-15)18(20)23/h2-9,11H,10H2,1H3,(H2,20,23)(H,22,24). The van der Waals surface area contributed by atoms with E-state index in [2.05, 4.69) is 10.3 Å². The SMILES string of the molecule is Cc1csc(COc2ccc(C(=O)Nc3ccc(C(N)=O)cc3)cc2)n1. The first-order valence-corrected chi connectivity index (χ1v) is 8.74. The van der Waals surface area contributed by atoms with E-state index in [0.29, 0.717) is 29.2 Å². The first-order valence-electron chi connectivity index (χ1n) is 7.86. The highest BCUT2D eigenvalue weighted by Gasteiger charge is 2.08. The minimum absolute atomic E-state index is 0.251. The van der Waals surface area contributed by atoms with Crippen molar-refractivity contribution in [3.8, 4) is 5.75 Å². The molecule has 0 unspecified atom stereocenters. The summed E-state index contributed by atoms with van der Waals surface area (Å²) in [5.41, 5.74) is 7.64. The molecule has 0 radical (unpaired) electrons. The summed E-state index contributed by atoms with van der Waals surface area (Å²) >= 11 is 1.55. The van der Waals surface area contributed by atoms with Gasteiger partial charge in [0.2, 0.25) is 5.91 Å². The number of nitrogens with one attached hydrogen (secondary N) is 1. The van der Waals surface area contributed by atoms with Gasteiger partial charge in [0.05, 0.1) is 0 Å². The van der Waals surface area contributed by atoms with Crippen molar-refractivity contribution < 1.29 is 14.3 Å². The van der Waals surface area contributed by atoms with Crippen LogP contribution in [-0.4, -0.2) is 16.8 Å². The average molecular weight is 367 g/mol. The maximum absolute atomic E-state index is 12.3. The number of carbonyl (C=O) groups is 2. The smallest absolute Gasteiger partial charge is 0.255 e. The van der Waals surface area contributed by atoms with E-state index >= 15 is 0 Å². The Hall–Kier alpha value is -3.19. The number of hydrogen-bond donors (Lipinski definition) is 2. The maximum atomic E-state index is 12.3. The van der Waals surface area contributed by atoms with Crippen molar-refractivity contribution >= 4 is 28.8 Å². The zero-order valence-electron chi connectivity index (χ0n) is 14.1. The van der Waals surface area contributed by atoms with Gasteiger partial charge in [0.15, 0.2) is 0 Å². The third kappa shape index (κ3) is 4.46. The normalized spacial score (nSPS) is 10.3. The summed E-state index contributed by atoms with van der Waals surface area (Å²) in [5, 5.41) is 5.64. The zero-order chi connectivity index (χ0) is 18.5. The van der Waals surface area contributed by atoms with Crippen molar-refractivity contribution in [3.05, 3.63) is 75.7 Å². The highest BCUT2D eigenvalue weighted by atomic mass is 32.1. The summed E-state index contributed by atoms with van der Waals surface area (Å²) in [6, 6.07) is 13.3. The lowest BCUT2D eigenvalue weighted by molar-refractivity contribution is 0.0998. The number of aryl methyl sites for hydroxylation is 1. The van der Waals surface area contributed by atoms with Crippen LogP contribution in [0.25, 0.3) is 0 Å². The van der Waals surface area contributed by atoms with Gasteiger partial charge >= 0.3 is 0 Å². The van der Waals surface area contributed by atoms with Crippen molar-refractivity contribution in [2.45, 2.75) is 13.5 Å². The second kappa shape index (κ2) is 7.79. The fourth-order valence-electron chi connectivity index (χ4n) is 2.24. The van der Waals surface area contributed by atoms with Gasteiger partial charge in [-0.3, -0.25) is 9.59 Å². The first kappa shape index (κ1) is 17.6. The summed E-state index contributed by atoms with van der Waals surface area (Å²) in [6.45, 7) is 2.34. The van der Waals surface area contributed by atoms with E-state index in [1.54, 1.807) is 59.9 Å². The van der Waals surface area contributed by atoms with Crippen molar-refractivity contribution in [3.63, 3.8) is 0 Å². The minimum atomic E-state index is -0.508. The Morgan fingerprint density at radius 1 is 1.08 bits per heavy atom. The predicted molar refractivity (Wildman–Crippen MR) is 101 cm³/mol. The highest BCUT2D eigenvalue weighted by molar-refractivity contribution is 7.09. The molecule has 132 valence electrons. The third-order valence-corrected chi connectivity index (χ3v) is 4.51. The van der Waals surface area contributed by atoms with Crippen LogP contribution in [0.1, 0.15) is 31.4 Å². The van der Waals surface area contributed by atoms with Gasteiger partial charge in [0.1, 0.15) is 17.4 Å². The molecule has 0 saturated carbocycles. The van der Waals surface area contributed by atoms with Crippen LogP contribution in [0.15, 0.2) is 53.9 Å². The predicted octanol–water partition coefficient (Wildman–Crippen LogP) is 3.38. The van der Waals surface area contributed by atoms with Crippen molar-refractivity contribution in [1.82, 2.24) is 4.98 Å². The topological polar surface area (TPSA) is 94.3 Å². The Kier molecular flexibility index (Phi) is 5.28. The molecular weight excluding hydrogens is 350 g/mol. The number of nitrogens with two attached hydrogens (primary N) is 1. The Morgan fingerprint density at radius 2 is 1.73 bits per heavy atom. The molecule has 1 aromatic heterocycles. The molecule has 2 amide bonds. The van der Waals surface area contributed by atoms with Crippen LogP contribution in [0.2, 0.25) is 0 Å². The molecule has 3 rings (SSSR count). The molecule has 2 aromatic carbocycles. The van der Waals surface area contributed by atoms with Crippen molar-refractivity contribution in [2.75, 3.05) is 5.32 Å². The van der Waals surface area contributed by atoms with E-state index in [-0.39, 0.29) is 5.91 Å². The summed E-state index contributed by atoms with van der Waals surface area (Å²) in [4.78, 5) is 27.7. The average Bonchev–Trinajstić information content (AvgIpc) is 3.06. The van der Waals surface area contributed by atoms with E-state index in [1.807, 2.05) is 12.3 Å². The van der Waals surface area contributed by atoms with Gasteiger partial charge in [-0.25, -0.2) is 4.98 Å². The van der Waals surface area contributed by atoms with E-state index in [9.17, 15) is 9.59 Å². The molecule has 1 heterocycles. The summed E-state index contributed by atoms with van der Waals surface area (Å²) in [6.07, 6.45) is 0. The first-order chi connectivity index (χ1) is 12.5. The van der Waals surface area contributed by atoms with Crippen LogP contribution in [0.5, 0.6) is 5.75 Å². The van der Waals surface area contributed by atoms with Gasteiger partial charge in [-0.1, -0.05) is 0 Å². The number of thiazole rings is 1. The summed E-state index contributed by atoms with van der Waals surface area (Å²) < 4.78 is 5.67. The molecule has 3 N–H and O–H groups in total. The van der Waals surface area contributed by atoms with Gasteiger partial charge in [-0.15, -0.1) is 11.3 Å². The number of primary amides is 1. The molecule has 0 aliphatic rings. The largest absolute Gasteiger partial charge is 0.486 e. The van der Waals surface area contributed by atoms with Gasteiger partial charge in [0, 0.05) is 27.9 Å². The fourth-order valence-corrected chi connectivity index (χ4v) is 2.92. The van der Waals surface area contributed by atoms with Gasteiger partial charge in [-0.2, -0.15) is 0 Å². The van der Waals surface area contributed by atoms with Gasteiger partial charge in [0.25, 0.3) is 5.91 Å². The number of ether oxygens (including phenoxy) is 1. The van der Waals surface area contributed by atoms with Crippen LogP contribution in [-0.2, 0) is 6.61 Å². The van der Waals surface area contributed by atoms with Crippen molar-refractivity contribution in [1.29, 1.82) is 0 Å². The Morgan fingerprint density at radius 3 is 2.31 bits per heavy atom. The number of carbonyl (C=O) groups excluding carboxylic acids is 2. The molecular formula is C19H17N3O3S. The number of benzene rings is 2. The van der Waals surface area contributed by atoms with Crippen LogP contribution in [0, 0.1) is 6.92 Å². The third-order valence-electron chi connectivity index (χ3n) is 3.57. The number of nitrogens with zero attached hydrogens (tertiary/aromatic N) is 1.